The van der Waals surface area contributed by atoms with Gasteiger partial charge in [0.1, 0.15) is 5.75 Å². The molecular formula is C18H21NO3. The van der Waals surface area contributed by atoms with Crippen LogP contribution in [0.3, 0.4) is 0 Å². The van der Waals surface area contributed by atoms with Crippen LogP contribution in [0.5, 0.6) is 5.75 Å². The zero-order valence-corrected chi connectivity index (χ0v) is 12.9. The molecule has 1 saturated heterocycles. The Morgan fingerprint density at radius 3 is 2.45 bits per heavy atom. The first-order valence-electron chi connectivity index (χ1n) is 7.58. The maximum Gasteiger partial charge on any atom is 0.186 e. The van der Waals surface area contributed by atoms with Gasteiger partial charge >= 0.3 is 0 Å². The molecule has 0 bridgehead atoms. The molecule has 0 aliphatic carbocycles. The third-order valence-corrected chi connectivity index (χ3v) is 3.79. The molecule has 22 heavy (non-hydrogen) atoms. The molecule has 0 N–H and O–H groups in total. The van der Waals surface area contributed by atoms with Gasteiger partial charge in [0.15, 0.2) is 6.29 Å². The molecule has 4 nitrogen and oxygen atoms in total. The number of anilines is 1. The molecule has 1 aliphatic heterocycles. The largest absolute Gasteiger partial charge is 0.497 e. The molecule has 2 aromatic rings. The summed E-state index contributed by atoms with van der Waals surface area (Å²) in [5, 5.41) is 1.95. The number of rotatable bonds is 5. The molecule has 1 heterocycles. The summed E-state index contributed by atoms with van der Waals surface area (Å²) in [4.78, 5) is 5.99. The van der Waals surface area contributed by atoms with Crippen molar-refractivity contribution in [2.24, 2.45) is 0 Å². The fraction of sp³-hybridized carbons (Fsp3) is 0.333. The van der Waals surface area contributed by atoms with E-state index in [0.717, 1.165) is 17.9 Å². The van der Waals surface area contributed by atoms with Crippen molar-refractivity contribution in [2.75, 3.05) is 18.8 Å². The van der Waals surface area contributed by atoms with Crippen molar-refractivity contribution in [3.63, 3.8) is 0 Å². The third-order valence-electron chi connectivity index (χ3n) is 3.79. The Labute approximate surface area is 131 Å². The van der Waals surface area contributed by atoms with Crippen LogP contribution in [0.25, 0.3) is 0 Å². The second-order valence-electron chi connectivity index (χ2n) is 5.18. The number of para-hydroxylation sites is 1. The highest BCUT2D eigenvalue weighted by atomic mass is 16.8. The van der Waals surface area contributed by atoms with Crippen molar-refractivity contribution in [1.29, 1.82) is 0 Å². The van der Waals surface area contributed by atoms with Gasteiger partial charge < -0.3 is 9.47 Å². The van der Waals surface area contributed by atoms with E-state index in [2.05, 4.69) is 12.1 Å². The molecule has 116 valence electrons. The first-order valence-corrected chi connectivity index (χ1v) is 7.58. The number of ether oxygens (including phenoxy) is 2. The highest BCUT2D eigenvalue weighted by Crippen LogP contribution is 2.38. The van der Waals surface area contributed by atoms with Gasteiger partial charge in [-0.1, -0.05) is 30.3 Å². The molecule has 0 amide bonds. The van der Waals surface area contributed by atoms with E-state index in [1.807, 2.05) is 54.5 Å². The topological polar surface area (TPSA) is 30.9 Å². The SMILES string of the molecule is CCO[C@@H]1C[C@H](c2ccc(OC)cc2)N(c2ccccc2)O1. The van der Waals surface area contributed by atoms with Gasteiger partial charge in [-0.25, -0.2) is 9.90 Å². The zero-order chi connectivity index (χ0) is 15.4. The number of hydroxylamine groups is 1. The summed E-state index contributed by atoms with van der Waals surface area (Å²) in [6.45, 7) is 2.62. The number of methoxy groups -OCH3 is 1. The van der Waals surface area contributed by atoms with Crippen molar-refractivity contribution in [1.82, 2.24) is 0 Å². The van der Waals surface area contributed by atoms with Crippen LogP contribution in [0.1, 0.15) is 24.9 Å². The molecule has 1 fully saturated rings. The van der Waals surface area contributed by atoms with Gasteiger partial charge in [0.25, 0.3) is 0 Å². The molecule has 3 rings (SSSR count). The highest BCUT2D eigenvalue weighted by molar-refractivity contribution is 5.47. The Balaban J connectivity index is 1.87. The average Bonchev–Trinajstić information content (AvgIpc) is 3.00. The maximum atomic E-state index is 5.99. The summed E-state index contributed by atoms with van der Waals surface area (Å²) in [5.74, 6) is 0.857. The minimum Gasteiger partial charge on any atom is -0.497 e. The summed E-state index contributed by atoms with van der Waals surface area (Å²) in [6.07, 6.45) is 0.590. The second kappa shape index (κ2) is 6.81. The molecule has 2 atom stereocenters. The number of hydrogen-bond donors (Lipinski definition) is 0. The lowest BCUT2D eigenvalue weighted by atomic mass is 10.0. The van der Waals surface area contributed by atoms with E-state index in [9.17, 15) is 0 Å². The van der Waals surface area contributed by atoms with E-state index in [1.165, 1.54) is 5.56 Å². The van der Waals surface area contributed by atoms with Crippen LogP contribution >= 0.6 is 0 Å². The lowest BCUT2D eigenvalue weighted by Gasteiger charge is -2.24. The standard InChI is InChI=1S/C18H21NO3/c1-3-21-18-13-17(14-9-11-16(20-2)12-10-14)19(22-18)15-7-5-4-6-8-15/h4-12,17-18H,3,13H2,1-2H3/t17-,18+/m1/s1. The fourth-order valence-corrected chi connectivity index (χ4v) is 2.72. The van der Waals surface area contributed by atoms with Crippen LogP contribution in [0, 0.1) is 0 Å². The predicted molar refractivity (Wildman–Crippen MR) is 85.8 cm³/mol. The van der Waals surface area contributed by atoms with Crippen molar-refractivity contribution in [2.45, 2.75) is 25.7 Å². The van der Waals surface area contributed by atoms with E-state index in [-0.39, 0.29) is 12.3 Å². The summed E-state index contributed by atoms with van der Waals surface area (Å²) >= 11 is 0. The molecule has 0 aromatic heterocycles. The van der Waals surface area contributed by atoms with E-state index in [1.54, 1.807) is 7.11 Å². The summed E-state index contributed by atoms with van der Waals surface area (Å²) in [6, 6.07) is 18.4. The Bertz CT molecular complexity index is 585. The van der Waals surface area contributed by atoms with Crippen LogP contribution < -0.4 is 9.80 Å². The van der Waals surface area contributed by atoms with E-state index in [0.29, 0.717) is 6.61 Å². The van der Waals surface area contributed by atoms with Crippen molar-refractivity contribution >= 4 is 5.69 Å². The average molecular weight is 299 g/mol. The first kappa shape index (κ1) is 14.9. The van der Waals surface area contributed by atoms with Crippen LogP contribution in [0.2, 0.25) is 0 Å². The molecule has 4 heteroatoms. The lowest BCUT2D eigenvalue weighted by Crippen LogP contribution is -2.22. The van der Waals surface area contributed by atoms with E-state index >= 15 is 0 Å². The van der Waals surface area contributed by atoms with Crippen LogP contribution in [-0.4, -0.2) is 20.0 Å². The molecular weight excluding hydrogens is 278 g/mol. The molecule has 0 unspecified atom stereocenters. The fourth-order valence-electron chi connectivity index (χ4n) is 2.72. The van der Waals surface area contributed by atoms with Gasteiger partial charge in [-0.05, 0) is 36.8 Å². The quantitative estimate of drug-likeness (QED) is 0.836. The van der Waals surface area contributed by atoms with Crippen LogP contribution in [0.15, 0.2) is 54.6 Å². The smallest absolute Gasteiger partial charge is 0.186 e. The van der Waals surface area contributed by atoms with E-state index < -0.39 is 0 Å². The zero-order valence-electron chi connectivity index (χ0n) is 12.9. The molecule has 0 radical (unpaired) electrons. The minimum atomic E-state index is -0.211. The predicted octanol–water partition coefficient (Wildman–Crippen LogP) is 3.94. The molecule has 0 saturated carbocycles. The number of hydrogen-bond acceptors (Lipinski definition) is 4. The number of benzene rings is 2. The Morgan fingerprint density at radius 1 is 1.09 bits per heavy atom. The monoisotopic (exact) mass is 299 g/mol. The Hall–Kier alpha value is -2.04. The minimum absolute atomic E-state index is 0.129. The van der Waals surface area contributed by atoms with Crippen molar-refractivity contribution in [3.05, 3.63) is 60.2 Å². The molecule has 1 aliphatic rings. The first-order chi connectivity index (χ1) is 10.8. The van der Waals surface area contributed by atoms with Gasteiger partial charge in [0.2, 0.25) is 0 Å². The van der Waals surface area contributed by atoms with Gasteiger partial charge in [-0.3, -0.25) is 0 Å². The highest BCUT2D eigenvalue weighted by Gasteiger charge is 2.35. The summed E-state index contributed by atoms with van der Waals surface area (Å²) < 4.78 is 10.9. The van der Waals surface area contributed by atoms with Crippen LogP contribution in [0.4, 0.5) is 5.69 Å². The van der Waals surface area contributed by atoms with Gasteiger partial charge in [0.05, 0.1) is 18.8 Å². The molecule has 2 aromatic carbocycles. The van der Waals surface area contributed by atoms with E-state index in [4.69, 9.17) is 14.3 Å². The Morgan fingerprint density at radius 2 is 1.82 bits per heavy atom. The summed E-state index contributed by atoms with van der Waals surface area (Å²) in [7, 11) is 1.68. The lowest BCUT2D eigenvalue weighted by molar-refractivity contribution is -0.115. The normalized spacial score (nSPS) is 21.1. The third kappa shape index (κ3) is 3.08. The summed E-state index contributed by atoms with van der Waals surface area (Å²) in [5.41, 5.74) is 2.22. The number of nitrogens with zero attached hydrogens (tertiary/aromatic N) is 1. The van der Waals surface area contributed by atoms with Crippen molar-refractivity contribution < 1.29 is 14.3 Å². The van der Waals surface area contributed by atoms with Gasteiger partial charge in [-0.15, -0.1) is 0 Å². The van der Waals surface area contributed by atoms with Gasteiger partial charge in [0, 0.05) is 13.0 Å². The van der Waals surface area contributed by atoms with Crippen molar-refractivity contribution in [3.8, 4) is 5.75 Å². The Kier molecular flexibility index (Phi) is 4.61. The van der Waals surface area contributed by atoms with Gasteiger partial charge in [-0.2, -0.15) is 0 Å². The molecule has 0 spiro atoms. The second-order valence-corrected chi connectivity index (χ2v) is 5.18. The maximum absolute atomic E-state index is 5.99. The van der Waals surface area contributed by atoms with Crippen LogP contribution in [-0.2, 0) is 9.57 Å².